The van der Waals surface area contributed by atoms with E-state index < -0.39 is 5.60 Å². The van der Waals surface area contributed by atoms with Gasteiger partial charge in [0, 0.05) is 12.6 Å². The van der Waals surface area contributed by atoms with Crippen LogP contribution in [0.25, 0.3) is 0 Å². The Bertz CT molecular complexity index is 459. The zero-order valence-corrected chi connectivity index (χ0v) is 11.6. The predicted octanol–water partition coefficient (Wildman–Crippen LogP) is 2.01. The summed E-state index contributed by atoms with van der Waals surface area (Å²) >= 11 is 0. The van der Waals surface area contributed by atoms with Gasteiger partial charge >= 0.3 is 0 Å². The Hall–Kier alpha value is -1.26. The van der Waals surface area contributed by atoms with Crippen molar-refractivity contribution < 1.29 is 15.3 Å². The molecule has 2 rings (SSSR count). The number of rotatable bonds is 3. The van der Waals surface area contributed by atoms with Crippen LogP contribution in [0, 0.1) is 0 Å². The summed E-state index contributed by atoms with van der Waals surface area (Å²) in [5, 5.41) is 33.5. The van der Waals surface area contributed by atoms with Gasteiger partial charge in [0.1, 0.15) is 5.60 Å². The highest BCUT2D eigenvalue weighted by atomic mass is 16.3. The lowest BCUT2D eigenvalue weighted by Crippen LogP contribution is -2.41. The Balaban J connectivity index is 2.38. The third kappa shape index (κ3) is 3.01. The van der Waals surface area contributed by atoms with Crippen LogP contribution in [0.15, 0.2) is 12.1 Å². The fraction of sp³-hybridized carbons (Fsp3) is 0.600. The summed E-state index contributed by atoms with van der Waals surface area (Å²) in [5.74, 6) is -0.275. The van der Waals surface area contributed by atoms with Crippen molar-refractivity contribution in [2.24, 2.45) is 0 Å². The number of nitrogens with one attached hydrogen (secondary N) is 1. The molecule has 0 bridgehead atoms. The summed E-state index contributed by atoms with van der Waals surface area (Å²) in [6, 6.07) is 3.38. The van der Waals surface area contributed by atoms with Crippen LogP contribution < -0.4 is 5.32 Å². The van der Waals surface area contributed by atoms with Gasteiger partial charge in [0.2, 0.25) is 0 Å². The summed E-state index contributed by atoms with van der Waals surface area (Å²) in [4.78, 5) is 0. The van der Waals surface area contributed by atoms with Crippen molar-refractivity contribution in [1.82, 2.24) is 5.32 Å². The molecule has 4 nitrogen and oxygen atoms in total. The van der Waals surface area contributed by atoms with Crippen molar-refractivity contribution in [1.29, 1.82) is 0 Å². The van der Waals surface area contributed by atoms with E-state index in [0.29, 0.717) is 19.0 Å². The molecule has 1 aromatic rings. The third-order valence-corrected chi connectivity index (χ3v) is 3.79. The number of aromatic hydroxyl groups is 2. The van der Waals surface area contributed by atoms with Gasteiger partial charge in [-0.2, -0.15) is 0 Å². The minimum Gasteiger partial charge on any atom is -0.504 e. The van der Waals surface area contributed by atoms with Crippen LogP contribution >= 0.6 is 0 Å². The van der Waals surface area contributed by atoms with E-state index in [1.165, 1.54) is 6.07 Å². The van der Waals surface area contributed by atoms with E-state index in [4.69, 9.17) is 0 Å². The molecule has 0 unspecified atom stereocenters. The molecule has 0 fully saturated rings. The van der Waals surface area contributed by atoms with E-state index in [1.807, 2.05) is 13.8 Å². The fourth-order valence-electron chi connectivity index (χ4n) is 2.68. The Morgan fingerprint density at radius 3 is 2.58 bits per heavy atom. The molecule has 0 radical (unpaired) electrons. The smallest absolute Gasteiger partial charge is 0.157 e. The first kappa shape index (κ1) is 14.2. The molecule has 1 aromatic carbocycles. The van der Waals surface area contributed by atoms with E-state index >= 15 is 0 Å². The predicted molar refractivity (Wildman–Crippen MR) is 74.4 cm³/mol. The number of phenols is 2. The molecule has 4 heteroatoms. The summed E-state index contributed by atoms with van der Waals surface area (Å²) in [5.41, 5.74) is 0.704. The Morgan fingerprint density at radius 1 is 1.21 bits per heavy atom. The molecular formula is C15H23NO3. The van der Waals surface area contributed by atoms with Crippen LogP contribution in [0.5, 0.6) is 11.5 Å². The first-order chi connectivity index (χ1) is 8.92. The van der Waals surface area contributed by atoms with Crippen molar-refractivity contribution in [3.05, 3.63) is 23.3 Å². The number of hydrogen-bond acceptors (Lipinski definition) is 4. The summed E-state index contributed by atoms with van der Waals surface area (Å²) in [6.07, 6.45) is 3.42. The SMILES string of the molecule is CC(C)NC[C@@]1(O)CCCCc2cc(O)c(O)cc21. The largest absolute Gasteiger partial charge is 0.504 e. The second-order valence-electron chi connectivity index (χ2n) is 5.77. The van der Waals surface area contributed by atoms with Gasteiger partial charge in [0.05, 0.1) is 0 Å². The van der Waals surface area contributed by atoms with Crippen molar-refractivity contribution in [2.45, 2.75) is 51.2 Å². The van der Waals surface area contributed by atoms with E-state index in [9.17, 15) is 15.3 Å². The van der Waals surface area contributed by atoms with Gasteiger partial charge in [0.15, 0.2) is 11.5 Å². The van der Waals surface area contributed by atoms with E-state index in [-0.39, 0.29) is 11.5 Å². The standard InChI is InChI=1S/C15H23NO3/c1-10(2)16-9-15(19)6-4-3-5-11-7-13(17)14(18)8-12(11)15/h7-8,10,16-19H,3-6,9H2,1-2H3/t15-/m0/s1. The van der Waals surface area contributed by atoms with Crippen LogP contribution in [0.2, 0.25) is 0 Å². The molecule has 0 spiro atoms. The van der Waals surface area contributed by atoms with E-state index in [1.54, 1.807) is 6.07 Å². The molecule has 0 saturated carbocycles. The first-order valence-electron chi connectivity index (χ1n) is 6.93. The molecule has 106 valence electrons. The number of aryl methyl sites for hydroxylation is 1. The molecular weight excluding hydrogens is 242 g/mol. The van der Waals surface area contributed by atoms with Crippen molar-refractivity contribution >= 4 is 0 Å². The van der Waals surface area contributed by atoms with Gasteiger partial charge in [-0.15, -0.1) is 0 Å². The average molecular weight is 265 g/mol. The number of phenolic OH excluding ortho intramolecular Hbond substituents is 2. The Kier molecular flexibility index (Phi) is 4.02. The van der Waals surface area contributed by atoms with Gasteiger partial charge in [-0.3, -0.25) is 0 Å². The topological polar surface area (TPSA) is 72.7 Å². The lowest BCUT2D eigenvalue weighted by atomic mass is 9.87. The summed E-state index contributed by atoms with van der Waals surface area (Å²) < 4.78 is 0. The Labute approximate surface area is 114 Å². The summed E-state index contributed by atoms with van der Waals surface area (Å²) in [6.45, 7) is 4.53. The van der Waals surface area contributed by atoms with Crippen LogP contribution in [0.1, 0.15) is 44.2 Å². The average Bonchev–Trinajstić information content (AvgIpc) is 2.49. The van der Waals surface area contributed by atoms with E-state index in [2.05, 4.69) is 5.32 Å². The second-order valence-corrected chi connectivity index (χ2v) is 5.77. The molecule has 0 saturated heterocycles. The Morgan fingerprint density at radius 2 is 1.89 bits per heavy atom. The molecule has 0 heterocycles. The number of benzene rings is 1. The first-order valence-corrected chi connectivity index (χ1v) is 6.93. The minimum atomic E-state index is -0.971. The zero-order valence-electron chi connectivity index (χ0n) is 11.6. The maximum atomic E-state index is 10.9. The van der Waals surface area contributed by atoms with Crippen LogP contribution in [-0.4, -0.2) is 27.9 Å². The van der Waals surface area contributed by atoms with Crippen molar-refractivity contribution in [3.8, 4) is 11.5 Å². The number of fused-ring (bicyclic) bond motifs is 1. The molecule has 0 aromatic heterocycles. The van der Waals surface area contributed by atoms with Gasteiger partial charge < -0.3 is 20.6 Å². The summed E-state index contributed by atoms with van der Waals surface area (Å²) in [7, 11) is 0. The van der Waals surface area contributed by atoms with Gasteiger partial charge in [-0.1, -0.05) is 13.8 Å². The highest BCUT2D eigenvalue weighted by Gasteiger charge is 2.33. The van der Waals surface area contributed by atoms with Crippen molar-refractivity contribution in [3.63, 3.8) is 0 Å². The molecule has 1 aliphatic carbocycles. The third-order valence-electron chi connectivity index (χ3n) is 3.79. The van der Waals surface area contributed by atoms with Gasteiger partial charge in [-0.25, -0.2) is 0 Å². The monoisotopic (exact) mass is 265 g/mol. The quantitative estimate of drug-likeness (QED) is 0.498. The second kappa shape index (κ2) is 5.39. The molecule has 19 heavy (non-hydrogen) atoms. The fourth-order valence-corrected chi connectivity index (χ4v) is 2.68. The van der Waals surface area contributed by atoms with E-state index in [0.717, 1.165) is 30.4 Å². The molecule has 1 atom stereocenters. The highest BCUT2D eigenvalue weighted by molar-refractivity contribution is 5.48. The molecule has 0 aliphatic heterocycles. The number of aliphatic hydroxyl groups is 1. The van der Waals surface area contributed by atoms with Crippen LogP contribution in [-0.2, 0) is 12.0 Å². The highest BCUT2D eigenvalue weighted by Crippen LogP contribution is 2.39. The zero-order chi connectivity index (χ0) is 14.0. The van der Waals surface area contributed by atoms with Gasteiger partial charge in [0.25, 0.3) is 0 Å². The van der Waals surface area contributed by atoms with Crippen LogP contribution in [0.3, 0.4) is 0 Å². The van der Waals surface area contributed by atoms with Crippen LogP contribution in [0.4, 0.5) is 0 Å². The minimum absolute atomic E-state index is 0.111. The van der Waals surface area contributed by atoms with Crippen molar-refractivity contribution in [2.75, 3.05) is 6.54 Å². The molecule has 0 amide bonds. The lowest BCUT2D eigenvalue weighted by molar-refractivity contribution is 0.0252. The molecule has 1 aliphatic rings. The van der Waals surface area contributed by atoms with Gasteiger partial charge in [-0.05, 0) is 48.9 Å². The lowest BCUT2D eigenvalue weighted by Gasteiger charge is -2.30. The normalized spacial score (nSPS) is 23.2. The maximum absolute atomic E-state index is 10.9. The number of hydrogen-bond donors (Lipinski definition) is 4. The maximum Gasteiger partial charge on any atom is 0.157 e. The molecule has 4 N–H and O–H groups in total.